The van der Waals surface area contributed by atoms with E-state index in [1.165, 1.54) is 4.88 Å². The molecule has 2 aromatic heterocycles. The largest absolute Gasteiger partial charge is 0.339 e. The molecule has 31 heavy (non-hydrogen) atoms. The van der Waals surface area contributed by atoms with Crippen molar-refractivity contribution in [2.24, 2.45) is 0 Å². The zero-order valence-electron chi connectivity index (χ0n) is 17.0. The molecule has 150 valence electrons. The van der Waals surface area contributed by atoms with Gasteiger partial charge in [-0.1, -0.05) is 72.8 Å². The number of hydrogen-bond acceptors (Lipinski definition) is 5. The van der Waals surface area contributed by atoms with Crippen LogP contribution >= 0.6 is 11.3 Å². The number of aryl methyl sites for hydroxylation is 1. The molecule has 4 nitrogen and oxygen atoms in total. The molecule has 5 aromatic rings. The van der Waals surface area contributed by atoms with Gasteiger partial charge in [-0.15, -0.1) is 21.5 Å². The predicted octanol–water partition coefficient (Wildman–Crippen LogP) is 6.99. The van der Waals surface area contributed by atoms with Crippen LogP contribution in [0.3, 0.4) is 0 Å². The highest BCUT2D eigenvalue weighted by Crippen LogP contribution is 2.33. The van der Waals surface area contributed by atoms with Gasteiger partial charge in [-0.2, -0.15) is 0 Å². The van der Waals surface area contributed by atoms with Gasteiger partial charge in [-0.3, -0.25) is 0 Å². The fourth-order valence-corrected chi connectivity index (χ4v) is 4.33. The van der Waals surface area contributed by atoms with Crippen LogP contribution in [-0.4, -0.2) is 15.2 Å². The minimum Gasteiger partial charge on any atom is -0.339 e. The van der Waals surface area contributed by atoms with Gasteiger partial charge in [-0.25, -0.2) is 4.98 Å². The molecule has 1 N–H and O–H groups in total. The second kappa shape index (κ2) is 8.50. The van der Waals surface area contributed by atoms with Gasteiger partial charge < -0.3 is 5.32 Å². The number of nitrogens with one attached hydrogen (secondary N) is 1. The Balaban J connectivity index is 1.32. The molecule has 0 aliphatic heterocycles. The summed E-state index contributed by atoms with van der Waals surface area (Å²) in [7, 11) is 0. The second-order valence-corrected chi connectivity index (χ2v) is 8.37. The van der Waals surface area contributed by atoms with Gasteiger partial charge in [0.25, 0.3) is 0 Å². The molecule has 0 saturated heterocycles. The van der Waals surface area contributed by atoms with Crippen molar-refractivity contribution in [1.29, 1.82) is 0 Å². The zero-order valence-corrected chi connectivity index (χ0v) is 17.8. The standard InChI is InChI=1S/C26H20N4S/c1-18-25(28-26(31-18)21-10-6-3-7-11-21)20-12-14-22(15-13-20)27-24-17-16-23(29-30-24)19-8-4-2-5-9-19/h2-17H,1H3,(H,27,30). The third-order valence-corrected chi connectivity index (χ3v) is 6.00. The second-order valence-electron chi connectivity index (χ2n) is 7.16. The summed E-state index contributed by atoms with van der Waals surface area (Å²) in [5.41, 5.74) is 6.16. The van der Waals surface area contributed by atoms with Crippen molar-refractivity contribution in [1.82, 2.24) is 15.2 Å². The van der Waals surface area contributed by atoms with Crippen molar-refractivity contribution in [2.45, 2.75) is 6.92 Å². The summed E-state index contributed by atoms with van der Waals surface area (Å²) in [4.78, 5) is 6.09. The first-order chi connectivity index (χ1) is 15.3. The minimum atomic E-state index is 0.712. The van der Waals surface area contributed by atoms with E-state index in [4.69, 9.17) is 4.98 Å². The van der Waals surface area contributed by atoms with Crippen LogP contribution in [0.2, 0.25) is 0 Å². The van der Waals surface area contributed by atoms with Crippen molar-refractivity contribution in [2.75, 3.05) is 5.32 Å². The van der Waals surface area contributed by atoms with Crippen LogP contribution in [0.5, 0.6) is 0 Å². The van der Waals surface area contributed by atoms with Gasteiger partial charge in [0.15, 0.2) is 5.82 Å². The maximum absolute atomic E-state index is 4.88. The third kappa shape index (κ3) is 4.22. The molecular weight excluding hydrogens is 400 g/mol. The molecular formula is C26H20N4S. The van der Waals surface area contributed by atoms with Gasteiger partial charge in [0.05, 0.1) is 11.4 Å². The van der Waals surface area contributed by atoms with E-state index in [9.17, 15) is 0 Å². The van der Waals surface area contributed by atoms with E-state index in [0.29, 0.717) is 5.82 Å². The fraction of sp³-hybridized carbons (Fsp3) is 0.0385. The van der Waals surface area contributed by atoms with Gasteiger partial charge >= 0.3 is 0 Å². The van der Waals surface area contributed by atoms with Crippen molar-refractivity contribution < 1.29 is 0 Å². The Morgan fingerprint density at radius 1 is 0.645 bits per heavy atom. The van der Waals surface area contributed by atoms with Crippen LogP contribution in [0.1, 0.15) is 4.88 Å². The maximum atomic E-state index is 4.88. The van der Waals surface area contributed by atoms with E-state index in [0.717, 1.165) is 38.8 Å². The summed E-state index contributed by atoms with van der Waals surface area (Å²) in [5.74, 6) is 0.712. The van der Waals surface area contributed by atoms with Crippen LogP contribution < -0.4 is 5.32 Å². The minimum absolute atomic E-state index is 0.712. The van der Waals surface area contributed by atoms with Gasteiger partial charge in [-0.05, 0) is 31.2 Å². The number of aromatic nitrogens is 3. The lowest BCUT2D eigenvalue weighted by Gasteiger charge is -2.07. The van der Waals surface area contributed by atoms with Crippen molar-refractivity contribution >= 4 is 22.8 Å². The lowest BCUT2D eigenvalue weighted by atomic mass is 10.1. The van der Waals surface area contributed by atoms with E-state index in [1.54, 1.807) is 11.3 Å². The highest BCUT2D eigenvalue weighted by molar-refractivity contribution is 7.15. The fourth-order valence-electron chi connectivity index (χ4n) is 3.39. The Kier molecular flexibility index (Phi) is 5.25. The topological polar surface area (TPSA) is 50.7 Å². The molecule has 0 unspecified atom stereocenters. The van der Waals surface area contributed by atoms with Crippen LogP contribution in [0.4, 0.5) is 11.5 Å². The first kappa shape index (κ1) is 19.2. The highest BCUT2D eigenvalue weighted by atomic mass is 32.1. The number of hydrogen-bond donors (Lipinski definition) is 1. The summed E-state index contributed by atoms with van der Waals surface area (Å²) in [6.07, 6.45) is 0. The Labute approximate surface area is 185 Å². The van der Waals surface area contributed by atoms with Gasteiger partial charge in [0, 0.05) is 27.3 Å². The zero-order chi connectivity index (χ0) is 21.0. The molecule has 0 radical (unpaired) electrons. The summed E-state index contributed by atoms with van der Waals surface area (Å²) >= 11 is 1.72. The molecule has 0 saturated carbocycles. The SMILES string of the molecule is Cc1sc(-c2ccccc2)nc1-c1ccc(Nc2ccc(-c3ccccc3)nn2)cc1. The monoisotopic (exact) mass is 420 g/mol. The number of rotatable bonds is 5. The molecule has 0 aliphatic rings. The van der Waals surface area contributed by atoms with Crippen molar-refractivity contribution in [3.8, 4) is 33.1 Å². The van der Waals surface area contributed by atoms with Gasteiger partial charge in [0.1, 0.15) is 5.01 Å². The number of nitrogens with zero attached hydrogens (tertiary/aromatic N) is 3. The number of benzene rings is 3. The average Bonchev–Trinajstić information content (AvgIpc) is 3.23. The van der Waals surface area contributed by atoms with Crippen molar-refractivity contribution in [3.05, 3.63) is 102 Å². The average molecular weight is 421 g/mol. The maximum Gasteiger partial charge on any atom is 0.153 e. The number of anilines is 2. The lowest BCUT2D eigenvalue weighted by molar-refractivity contribution is 1.04. The summed E-state index contributed by atoms with van der Waals surface area (Å²) in [6, 6.07) is 32.5. The third-order valence-electron chi connectivity index (χ3n) is 4.98. The molecule has 3 aromatic carbocycles. The molecule has 0 atom stereocenters. The van der Waals surface area contributed by atoms with Crippen LogP contribution in [0.15, 0.2) is 97.1 Å². The van der Waals surface area contributed by atoms with E-state index < -0.39 is 0 Å². The van der Waals surface area contributed by atoms with E-state index in [2.05, 4.69) is 46.7 Å². The Bertz CT molecular complexity index is 1280. The lowest BCUT2D eigenvalue weighted by Crippen LogP contribution is -1.96. The van der Waals surface area contributed by atoms with E-state index in [1.807, 2.05) is 72.8 Å². The van der Waals surface area contributed by atoms with Crippen LogP contribution in [-0.2, 0) is 0 Å². The first-order valence-electron chi connectivity index (χ1n) is 10.1. The normalized spacial score (nSPS) is 10.7. The molecule has 0 aliphatic carbocycles. The van der Waals surface area contributed by atoms with E-state index >= 15 is 0 Å². The first-order valence-corrected chi connectivity index (χ1v) is 10.9. The smallest absolute Gasteiger partial charge is 0.153 e. The molecule has 5 rings (SSSR count). The summed E-state index contributed by atoms with van der Waals surface area (Å²) in [5, 5.41) is 13.0. The van der Waals surface area contributed by atoms with Gasteiger partial charge in [0.2, 0.25) is 0 Å². The van der Waals surface area contributed by atoms with E-state index in [-0.39, 0.29) is 0 Å². The summed E-state index contributed by atoms with van der Waals surface area (Å²) < 4.78 is 0. The summed E-state index contributed by atoms with van der Waals surface area (Å²) in [6.45, 7) is 2.12. The molecule has 2 heterocycles. The van der Waals surface area contributed by atoms with Crippen LogP contribution in [0, 0.1) is 6.92 Å². The number of thiazole rings is 1. The predicted molar refractivity (Wildman–Crippen MR) is 128 cm³/mol. The highest BCUT2D eigenvalue weighted by Gasteiger charge is 2.11. The Morgan fingerprint density at radius 2 is 1.32 bits per heavy atom. The molecule has 0 bridgehead atoms. The molecule has 0 amide bonds. The van der Waals surface area contributed by atoms with Crippen LogP contribution in [0.25, 0.3) is 33.1 Å². The molecule has 5 heteroatoms. The quantitative estimate of drug-likeness (QED) is 0.333. The Hall–Kier alpha value is -3.83. The Morgan fingerprint density at radius 3 is 1.97 bits per heavy atom. The molecule has 0 fully saturated rings. The molecule has 0 spiro atoms. The van der Waals surface area contributed by atoms with Crippen molar-refractivity contribution in [3.63, 3.8) is 0 Å².